The summed E-state index contributed by atoms with van der Waals surface area (Å²) in [6.07, 6.45) is 11.4. The summed E-state index contributed by atoms with van der Waals surface area (Å²) < 4.78 is 0. The number of rotatable bonds is 2. The van der Waals surface area contributed by atoms with Gasteiger partial charge in [-0.1, -0.05) is 81.3 Å². The van der Waals surface area contributed by atoms with E-state index in [1.807, 2.05) is 13.8 Å². The van der Waals surface area contributed by atoms with Crippen LogP contribution in [0, 0.1) is 0 Å². The molecule has 0 heterocycles. The minimum absolute atomic E-state index is 1.21. The van der Waals surface area contributed by atoms with Gasteiger partial charge in [-0.2, -0.15) is 0 Å². The molecule has 1 aliphatic rings. The maximum Gasteiger partial charge on any atom is -0.0281 e. The highest BCUT2D eigenvalue weighted by atomic mass is 13.9. The maximum atomic E-state index is 2.20. The molecule has 0 radical (unpaired) electrons. The third-order valence-corrected chi connectivity index (χ3v) is 2.60. The van der Waals surface area contributed by atoms with Gasteiger partial charge in [-0.05, 0) is 31.7 Å². The van der Waals surface area contributed by atoms with E-state index in [-0.39, 0.29) is 0 Å². The predicted molar refractivity (Wildman–Crippen MR) is 83.9 cm³/mol. The molecule has 18 heavy (non-hydrogen) atoms. The molecule has 0 fully saturated rings. The van der Waals surface area contributed by atoms with Crippen LogP contribution >= 0.6 is 0 Å². The number of benzene rings is 1. The fourth-order valence-corrected chi connectivity index (χ4v) is 1.66. The van der Waals surface area contributed by atoms with Crippen LogP contribution < -0.4 is 0 Å². The molecule has 0 amide bonds. The Kier molecular flexibility index (Phi) is 11.3. The van der Waals surface area contributed by atoms with Crippen molar-refractivity contribution in [3.05, 3.63) is 59.7 Å². The minimum atomic E-state index is 1.21. The smallest absolute Gasteiger partial charge is 0.0281 e. The molecule has 2 rings (SSSR count). The first-order chi connectivity index (χ1) is 8.83. The normalized spacial score (nSPS) is 12.6. The van der Waals surface area contributed by atoms with Crippen molar-refractivity contribution in [1.82, 2.24) is 0 Å². The van der Waals surface area contributed by atoms with E-state index in [9.17, 15) is 0 Å². The zero-order valence-electron chi connectivity index (χ0n) is 12.4. The van der Waals surface area contributed by atoms with Gasteiger partial charge in [0.15, 0.2) is 0 Å². The van der Waals surface area contributed by atoms with Crippen LogP contribution in [0.4, 0.5) is 0 Å². The summed E-state index contributed by atoms with van der Waals surface area (Å²) in [5.41, 5.74) is 2.95. The highest BCUT2D eigenvalue weighted by Crippen LogP contribution is 2.08. The first kappa shape index (κ1) is 16.7. The zero-order valence-corrected chi connectivity index (χ0v) is 12.4. The van der Waals surface area contributed by atoms with E-state index in [4.69, 9.17) is 0 Å². The van der Waals surface area contributed by atoms with Gasteiger partial charge in [-0.25, -0.2) is 0 Å². The highest BCUT2D eigenvalue weighted by Gasteiger charge is 1.88. The third kappa shape index (κ3) is 8.81. The van der Waals surface area contributed by atoms with Crippen LogP contribution in [0.15, 0.2) is 54.1 Å². The van der Waals surface area contributed by atoms with Crippen molar-refractivity contribution in [2.24, 2.45) is 0 Å². The van der Waals surface area contributed by atoms with Gasteiger partial charge in [0.2, 0.25) is 0 Å². The molecule has 1 aromatic rings. The average molecular weight is 244 g/mol. The first-order valence-corrected chi connectivity index (χ1v) is 7.19. The monoisotopic (exact) mass is 244 g/mol. The summed E-state index contributed by atoms with van der Waals surface area (Å²) in [6.45, 7) is 8.37. The molecule has 0 nitrogen and oxygen atoms in total. The van der Waals surface area contributed by atoms with Gasteiger partial charge in [0.1, 0.15) is 0 Å². The fraction of sp³-hybridized carbons (Fsp3) is 0.444. The van der Waals surface area contributed by atoms with Gasteiger partial charge >= 0.3 is 0 Å². The molecule has 100 valence electrons. The average Bonchev–Trinajstić information content (AvgIpc) is 2.44. The second-order valence-corrected chi connectivity index (χ2v) is 4.22. The van der Waals surface area contributed by atoms with E-state index >= 15 is 0 Å². The van der Waals surface area contributed by atoms with Crippen LogP contribution in [0.3, 0.4) is 0 Å². The quantitative estimate of drug-likeness (QED) is 0.603. The lowest BCUT2D eigenvalue weighted by Crippen LogP contribution is -1.78. The van der Waals surface area contributed by atoms with E-state index in [2.05, 4.69) is 62.4 Å². The summed E-state index contributed by atoms with van der Waals surface area (Å²) in [4.78, 5) is 0. The van der Waals surface area contributed by atoms with E-state index < -0.39 is 0 Å². The van der Waals surface area contributed by atoms with Gasteiger partial charge in [0, 0.05) is 0 Å². The van der Waals surface area contributed by atoms with Gasteiger partial charge in [-0.15, -0.1) is 0 Å². The molecule has 0 bridgehead atoms. The van der Waals surface area contributed by atoms with Gasteiger partial charge in [0.25, 0.3) is 0 Å². The zero-order chi connectivity index (χ0) is 13.6. The first-order valence-electron chi connectivity index (χ1n) is 7.19. The topological polar surface area (TPSA) is 0 Å². The number of aryl methyl sites for hydroxylation is 1. The fourth-order valence-electron chi connectivity index (χ4n) is 1.66. The molecule has 0 atom stereocenters. The summed E-state index contributed by atoms with van der Waals surface area (Å²) in [6, 6.07) is 10.6. The third-order valence-electron chi connectivity index (χ3n) is 2.60. The maximum absolute atomic E-state index is 2.20. The Morgan fingerprint density at radius 3 is 2.11 bits per heavy atom. The molecular weight excluding hydrogens is 216 g/mol. The molecule has 0 saturated carbocycles. The number of allylic oxidation sites excluding steroid dienone is 4. The molecular formula is C18H28. The predicted octanol–water partition coefficient (Wildman–Crippen LogP) is 5.95. The Morgan fingerprint density at radius 1 is 1.06 bits per heavy atom. The minimum Gasteiger partial charge on any atom is -0.0842 e. The van der Waals surface area contributed by atoms with Crippen LogP contribution in [0.2, 0.25) is 0 Å². The summed E-state index contributed by atoms with van der Waals surface area (Å²) in [7, 11) is 0. The number of hydrogen-bond acceptors (Lipinski definition) is 0. The molecule has 0 N–H and O–H groups in total. The van der Waals surface area contributed by atoms with Crippen molar-refractivity contribution in [2.75, 3.05) is 0 Å². The second kappa shape index (κ2) is 12.2. The van der Waals surface area contributed by atoms with Crippen LogP contribution in [0.1, 0.15) is 52.5 Å². The van der Waals surface area contributed by atoms with Crippen LogP contribution in [0.5, 0.6) is 0 Å². The Hall–Kier alpha value is -1.30. The lowest BCUT2D eigenvalue weighted by Gasteiger charge is -1.98. The standard InChI is InChI=1S/C9H12.C7H10.C2H6/c1-2-6-9-7-4-3-5-8-9;1-7-5-3-2-4-6-7;1-2/h3-5,7-8H,2,6H2,1H3;2-3,5H,4,6H2,1H3;1-2H3. The molecule has 0 heteroatoms. The molecule has 0 unspecified atom stereocenters. The van der Waals surface area contributed by atoms with Crippen molar-refractivity contribution in [3.8, 4) is 0 Å². The van der Waals surface area contributed by atoms with E-state index in [0.29, 0.717) is 0 Å². The Bertz CT molecular complexity index is 330. The van der Waals surface area contributed by atoms with E-state index in [1.54, 1.807) is 0 Å². The van der Waals surface area contributed by atoms with Crippen LogP contribution in [-0.4, -0.2) is 0 Å². The van der Waals surface area contributed by atoms with Gasteiger partial charge < -0.3 is 0 Å². The molecule has 1 aromatic carbocycles. The molecule has 0 aliphatic heterocycles. The van der Waals surface area contributed by atoms with Crippen molar-refractivity contribution in [1.29, 1.82) is 0 Å². The molecule has 1 aliphatic carbocycles. The van der Waals surface area contributed by atoms with E-state index in [1.165, 1.54) is 36.8 Å². The van der Waals surface area contributed by atoms with Crippen molar-refractivity contribution in [3.63, 3.8) is 0 Å². The SMILES string of the molecule is CC.CC1=CC=CCC1.CCCc1ccccc1. The summed E-state index contributed by atoms with van der Waals surface area (Å²) in [5.74, 6) is 0. The number of hydrogen-bond donors (Lipinski definition) is 0. The van der Waals surface area contributed by atoms with Crippen molar-refractivity contribution < 1.29 is 0 Å². The Balaban J connectivity index is 0.000000289. The van der Waals surface area contributed by atoms with Crippen molar-refractivity contribution >= 4 is 0 Å². The summed E-state index contributed by atoms with van der Waals surface area (Å²) in [5, 5.41) is 0. The van der Waals surface area contributed by atoms with Crippen molar-refractivity contribution in [2.45, 2.75) is 53.4 Å². The lowest BCUT2D eigenvalue weighted by atomic mass is 10.1. The van der Waals surface area contributed by atoms with Gasteiger partial charge in [-0.3, -0.25) is 0 Å². The Morgan fingerprint density at radius 2 is 1.72 bits per heavy atom. The van der Waals surface area contributed by atoms with Gasteiger partial charge in [0.05, 0.1) is 0 Å². The Labute approximate surface area is 113 Å². The highest BCUT2D eigenvalue weighted by molar-refractivity contribution is 5.15. The summed E-state index contributed by atoms with van der Waals surface area (Å²) >= 11 is 0. The van der Waals surface area contributed by atoms with Crippen LogP contribution in [-0.2, 0) is 6.42 Å². The largest absolute Gasteiger partial charge is 0.0842 e. The molecule has 0 spiro atoms. The lowest BCUT2D eigenvalue weighted by molar-refractivity contribution is 0.922. The molecule has 0 saturated heterocycles. The van der Waals surface area contributed by atoms with E-state index in [0.717, 1.165) is 0 Å². The molecule has 0 aromatic heterocycles. The second-order valence-electron chi connectivity index (χ2n) is 4.22. The van der Waals surface area contributed by atoms with Crippen LogP contribution in [0.25, 0.3) is 0 Å².